The number of ketones is 1. The number of carbonyl (C=O) groups excluding carboxylic acids is 2. The fraction of sp³-hybridized carbons (Fsp3) is 0.946. The number of methoxy groups -OCH3 is 1. The first-order chi connectivity index (χ1) is 23.4. The number of hydrogen-bond donors (Lipinski definition) is 5. The molecule has 306 valence electrons. The van der Waals surface area contributed by atoms with E-state index < -0.39 is 108 Å². The lowest BCUT2D eigenvalue weighted by atomic mass is 9.74. The Labute approximate surface area is 309 Å². The van der Waals surface area contributed by atoms with Crippen molar-refractivity contribution in [2.24, 2.45) is 23.7 Å². The zero-order chi connectivity index (χ0) is 39.0. The van der Waals surface area contributed by atoms with Crippen molar-refractivity contribution in [3.8, 4) is 0 Å². The van der Waals surface area contributed by atoms with Crippen molar-refractivity contribution in [3.05, 3.63) is 0 Å². The number of likely N-dealkylation sites (N-methyl/N-ethyl adjacent to an activating group) is 1. The molecule has 3 aliphatic rings. The van der Waals surface area contributed by atoms with Gasteiger partial charge in [0, 0.05) is 37.3 Å². The van der Waals surface area contributed by atoms with Crippen LogP contribution in [0.4, 0.5) is 0 Å². The van der Waals surface area contributed by atoms with Gasteiger partial charge in [0.2, 0.25) is 0 Å². The molecule has 0 spiro atoms. The van der Waals surface area contributed by atoms with Crippen molar-refractivity contribution in [1.29, 1.82) is 0 Å². The number of Topliss-reactive ketones (excluding diaryl/α,β-unsaturated/α-hetero) is 1. The van der Waals surface area contributed by atoms with Gasteiger partial charge >= 0.3 is 5.97 Å². The highest BCUT2D eigenvalue weighted by molar-refractivity contribution is 5.83. The highest BCUT2D eigenvalue weighted by Gasteiger charge is 2.53. The standard InChI is InChI=1S/C37H67NO13.H2O/c1-14-25-37(10,45)30(41)20(4)27(39)18(2)16-35(8,44)32(51-34-28(40)24(38(11)12)15-19(3)47-34)21(5)29(22(6)33(43)49-25)50-26-17-36(9,46-13)31(42)23(7)48-26;/h18-26,28-32,34,40-42,44-45H,14-17H2,1-13H3;1H2/t18-,19-,20?,21?,22-,23-,24+,25?,26-,28-,29?,30-,31-,32-,34+,35-,36+,37-;/m1./s1. The zero-order valence-corrected chi connectivity index (χ0v) is 33.4. The maximum absolute atomic E-state index is 14.1. The fourth-order valence-electron chi connectivity index (χ4n) is 8.41. The predicted molar refractivity (Wildman–Crippen MR) is 190 cm³/mol. The number of aliphatic hydroxyl groups is 5. The van der Waals surface area contributed by atoms with Gasteiger partial charge in [0.1, 0.15) is 29.7 Å². The monoisotopic (exact) mass is 751 g/mol. The van der Waals surface area contributed by atoms with Crippen LogP contribution in [0.1, 0.15) is 94.9 Å². The van der Waals surface area contributed by atoms with E-state index in [1.807, 2.05) is 25.9 Å². The van der Waals surface area contributed by atoms with E-state index >= 15 is 0 Å². The van der Waals surface area contributed by atoms with E-state index in [2.05, 4.69) is 0 Å². The van der Waals surface area contributed by atoms with Crippen molar-refractivity contribution in [3.63, 3.8) is 0 Å². The molecule has 52 heavy (non-hydrogen) atoms. The van der Waals surface area contributed by atoms with Crippen LogP contribution >= 0.6 is 0 Å². The lowest BCUT2D eigenvalue weighted by molar-refractivity contribution is -0.318. The SMILES string of the molecule is CCC1OC(=O)[C@H](C)C(O[C@@H]2C[C@](C)(OC)[C@H](O)[C@@H](C)O2)C(C)[C@@H](O[C@@H]2O[C@H](C)C[C@H](N(C)C)[C@H]2O)[C@](C)(O)C[C@@H](C)C(=O)C(C)[C@@H](O)[C@]1(C)O.O. The van der Waals surface area contributed by atoms with Gasteiger partial charge in [-0.1, -0.05) is 27.7 Å². The average molecular weight is 752 g/mol. The predicted octanol–water partition coefficient (Wildman–Crippen LogP) is 0.961. The molecule has 15 nitrogen and oxygen atoms in total. The maximum Gasteiger partial charge on any atom is 0.311 e. The number of nitrogens with zero attached hydrogens (tertiary/aromatic N) is 1. The van der Waals surface area contributed by atoms with Crippen molar-refractivity contribution in [2.45, 2.75) is 179 Å². The average Bonchev–Trinajstić information content (AvgIpc) is 3.05. The summed E-state index contributed by atoms with van der Waals surface area (Å²) in [6.07, 6.45) is -9.71. The molecule has 3 aliphatic heterocycles. The van der Waals surface area contributed by atoms with Crippen LogP contribution in [0.2, 0.25) is 0 Å². The Morgan fingerprint density at radius 1 is 0.885 bits per heavy atom. The van der Waals surface area contributed by atoms with Gasteiger partial charge in [-0.3, -0.25) is 9.59 Å². The van der Waals surface area contributed by atoms with E-state index in [0.29, 0.717) is 6.42 Å². The Balaban J connectivity index is 0.00000936. The molecule has 0 bridgehead atoms. The van der Waals surface area contributed by atoms with E-state index in [-0.39, 0.29) is 36.9 Å². The summed E-state index contributed by atoms with van der Waals surface area (Å²) in [4.78, 5) is 29.8. The first kappa shape index (κ1) is 46.8. The number of hydrogen-bond acceptors (Lipinski definition) is 14. The van der Waals surface area contributed by atoms with Crippen LogP contribution in [0, 0.1) is 23.7 Å². The largest absolute Gasteiger partial charge is 0.459 e. The molecule has 7 N–H and O–H groups in total. The molecule has 4 unspecified atom stereocenters. The van der Waals surface area contributed by atoms with Crippen LogP contribution in [0.25, 0.3) is 0 Å². The van der Waals surface area contributed by atoms with Crippen LogP contribution in [0.3, 0.4) is 0 Å². The normalized spacial score (nSPS) is 48.8. The minimum atomic E-state index is -1.99. The van der Waals surface area contributed by atoms with Gasteiger partial charge in [0.05, 0.1) is 47.6 Å². The molecular weight excluding hydrogens is 682 g/mol. The molecule has 0 aliphatic carbocycles. The van der Waals surface area contributed by atoms with E-state index in [4.69, 9.17) is 28.4 Å². The van der Waals surface area contributed by atoms with Crippen LogP contribution in [-0.2, 0) is 38.0 Å². The van der Waals surface area contributed by atoms with E-state index in [0.717, 1.165) is 0 Å². The molecular formula is C37H69NO14. The second-order valence-electron chi connectivity index (χ2n) is 16.5. The van der Waals surface area contributed by atoms with E-state index in [1.165, 1.54) is 27.9 Å². The van der Waals surface area contributed by atoms with Crippen LogP contribution < -0.4 is 0 Å². The number of esters is 1. The third-order valence-corrected chi connectivity index (χ3v) is 11.8. The lowest BCUT2D eigenvalue weighted by Gasteiger charge is -2.49. The number of rotatable bonds is 7. The van der Waals surface area contributed by atoms with Crippen molar-refractivity contribution in [2.75, 3.05) is 21.2 Å². The lowest BCUT2D eigenvalue weighted by Crippen LogP contribution is -2.61. The summed E-state index contributed by atoms with van der Waals surface area (Å²) in [6.45, 7) is 16.3. The number of cyclic esters (lactones) is 1. The Bertz CT molecular complexity index is 1170. The highest BCUT2D eigenvalue weighted by atomic mass is 16.7. The summed E-state index contributed by atoms with van der Waals surface area (Å²) in [5.41, 5.74) is -4.84. The minimum absolute atomic E-state index is 0. The summed E-state index contributed by atoms with van der Waals surface area (Å²) in [6, 6.07) is -0.324. The molecule has 3 rings (SSSR count). The Hall–Kier alpha value is -1.34. The molecule has 3 fully saturated rings. The van der Waals surface area contributed by atoms with Crippen molar-refractivity contribution >= 4 is 11.8 Å². The molecule has 0 amide bonds. The molecule has 0 saturated carbocycles. The molecule has 0 aromatic carbocycles. The molecule has 3 saturated heterocycles. The topological polar surface area (TPSA) is 225 Å². The minimum Gasteiger partial charge on any atom is -0.459 e. The number of carbonyl (C=O) groups is 2. The summed E-state index contributed by atoms with van der Waals surface area (Å²) in [7, 11) is 5.18. The van der Waals surface area contributed by atoms with Gasteiger partial charge in [-0.25, -0.2) is 0 Å². The molecule has 3 heterocycles. The van der Waals surface area contributed by atoms with Gasteiger partial charge in [-0.05, 0) is 74.9 Å². The summed E-state index contributed by atoms with van der Waals surface area (Å²) < 4.78 is 37.1. The number of aliphatic hydroxyl groups excluding tert-OH is 3. The van der Waals surface area contributed by atoms with Crippen molar-refractivity contribution < 1.29 is 69.0 Å². The maximum atomic E-state index is 14.1. The molecule has 18 atom stereocenters. The smallest absolute Gasteiger partial charge is 0.311 e. The van der Waals surface area contributed by atoms with Gasteiger partial charge in [0.25, 0.3) is 0 Å². The second kappa shape index (κ2) is 18.1. The van der Waals surface area contributed by atoms with E-state index in [9.17, 15) is 35.1 Å². The first-order valence-corrected chi connectivity index (χ1v) is 18.5. The first-order valence-electron chi connectivity index (χ1n) is 18.5. The van der Waals surface area contributed by atoms with Crippen LogP contribution in [0.15, 0.2) is 0 Å². The third-order valence-electron chi connectivity index (χ3n) is 11.8. The molecule has 0 radical (unpaired) electrons. The van der Waals surface area contributed by atoms with Gasteiger partial charge in [-0.15, -0.1) is 0 Å². The van der Waals surface area contributed by atoms with E-state index in [1.54, 1.807) is 41.5 Å². The van der Waals surface area contributed by atoms with Gasteiger partial charge < -0.3 is 64.3 Å². The fourth-order valence-corrected chi connectivity index (χ4v) is 8.41. The quantitative estimate of drug-likeness (QED) is 0.229. The summed E-state index contributed by atoms with van der Waals surface area (Å²) in [5.74, 6) is -4.98. The van der Waals surface area contributed by atoms with Crippen LogP contribution in [-0.4, -0.2) is 153 Å². The Kier molecular flexibility index (Phi) is 16.3. The molecule has 15 heteroatoms. The van der Waals surface area contributed by atoms with Crippen molar-refractivity contribution in [1.82, 2.24) is 4.90 Å². The highest BCUT2D eigenvalue weighted by Crippen LogP contribution is 2.40. The Morgan fingerprint density at radius 2 is 1.48 bits per heavy atom. The summed E-state index contributed by atoms with van der Waals surface area (Å²) in [5, 5.41) is 57.6. The zero-order valence-electron chi connectivity index (χ0n) is 33.4. The molecule has 0 aromatic heterocycles. The Morgan fingerprint density at radius 3 is 2.02 bits per heavy atom. The van der Waals surface area contributed by atoms with Gasteiger partial charge in [0.15, 0.2) is 12.6 Å². The van der Waals surface area contributed by atoms with Crippen LogP contribution in [0.5, 0.6) is 0 Å². The molecule has 0 aromatic rings. The summed E-state index contributed by atoms with van der Waals surface area (Å²) >= 11 is 0. The second-order valence-corrected chi connectivity index (χ2v) is 16.5. The van der Waals surface area contributed by atoms with Gasteiger partial charge in [-0.2, -0.15) is 0 Å². The number of ether oxygens (including phenoxy) is 6. The third kappa shape index (κ3) is 9.90.